The predicted molar refractivity (Wildman–Crippen MR) is 142 cm³/mol. The third kappa shape index (κ3) is 6.42. The van der Waals surface area contributed by atoms with Crippen LogP contribution in [0.2, 0.25) is 5.15 Å². The lowest BCUT2D eigenvalue weighted by Crippen LogP contribution is -2.33. The molecule has 0 saturated carbocycles. The highest BCUT2D eigenvalue weighted by Crippen LogP contribution is 2.34. The van der Waals surface area contributed by atoms with Crippen molar-refractivity contribution in [1.29, 1.82) is 0 Å². The van der Waals surface area contributed by atoms with E-state index in [1.165, 1.54) is 23.0 Å². The molecule has 0 fully saturated rings. The molecule has 4 aromatic rings. The minimum Gasteiger partial charge on any atom is -0.446 e. The van der Waals surface area contributed by atoms with Gasteiger partial charge in [-0.05, 0) is 61.1 Å². The number of carbonyl (C=O) groups is 1. The molecule has 1 amide bonds. The molecule has 37 heavy (non-hydrogen) atoms. The van der Waals surface area contributed by atoms with Gasteiger partial charge in [-0.1, -0.05) is 41.9 Å². The molecule has 1 unspecified atom stereocenters. The van der Waals surface area contributed by atoms with Gasteiger partial charge in [0.2, 0.25) is 0 Å². The number of nitrogens with zero attached hydrogens (tertiary/aromatic N) is 4. The third-order valence-electron chi connectivity index (χ3n) is 6.74. The molecule has 3 heterocycles. The van der Waals surface area contributed by atoms with Crippen LogP contribution in [0.1, 0.15) is 63.3 Å². The van der Waals surface area contributed by atoms with Crippen molar-refractivity contribution >= 4 is 17.5 Å². The van der Waals surface area contributed by atoms with Crippen molar-refractivity contribution in [2.45, 2.75) is 51.7 Å². The Bertz CT molecular complexity index is 1350. The van der Waals surface area contributed by atoms with Crippen molar-refractivity contribution in [2.75, 3.05) is 6.54 Å². The fraction of sp³-hybridized carbons (Fsp3) is 0.310. The fourth-order valence-corrected chi connectivity index (χ4v) is 5.04. The highest BCUT2D eigenvalue weighted by molar-refractivity contribution is 6.29. The zero-order chi connectivity index (χ0) is 25.6. The van der Waals surface area contributed by atoms with E-state index in [9.17, 15) is 4.79 Å². The van der Waals surface area contributed by atoms with Gasteiger partial charge in [0.05, 0.1) is 17.9 Å². The van der Waals surface area contributed by atoms with Crippen LogP contribution < -0.4 is 5.32 Å². The van der Waals surface area contributed by atoms with E-state index >= 15 is 0 Å². The van der Waals surface area contributed by atoms with Gasteiger partial charge >= 0.3 is 0 Å². The summed E-state index contributed by atoms with van der Waals surface area (Å²) in [4.78, 5) is 28.0. The maximum absolute atomic E-state index is 12.4. The summed E-state index contributed by atoms with van der Waals surface area (Å²) < 4.78 is 5.74. The van der Waals surface area contributed by atoms with Gasteiger partial charge in [0, 0.05) is 44.0 Å². The molecule has 1 atom stereocenters. The van der Waals surface area contributed by atoms with E-state index in [1.54, 1.807) is 18.3 Å². The molecule has 190 valence electrons. The summed E-state index contributed by atoms with van der Waals surface area (Å²) in [6, 6.07) is 16.1. The van der Waals surface area contributed by atoms with E-state index in [0.29, 0.717) is 17.3 Å². The number of halogens is 1. The molecule has 1 aliphatic carbocycles. The van der Waals surface area contributed by atoms with E-state index in [2.05, 4.69) is 50.5 Å². The van der Waals surface area contributed by atoms with Crippen molar-refractivity contribution in [3.8, 4) is 0 Å². The number of fused-ring (bicyclic) bond motifs is 1. The standard InChI is InChI=1S/C29H30ClN5O2/c1-20-17-33-27(37-20)12-15-35(25-6-2-4-23-5-3-13-32-28(23)25)19-22-9-7-21(8-10-22)18-34-29(36)24-11-14-31-26(30)16-24/h3,5,7-11,13-14,16-17,25H,2,4,6,12,15,18-19H2,1H3,(H,34,36). The Labute approximate surface area is 221 Å². The number of benzene rings is 1. The quantitative estimate of drug-likeness (QED) is 0.297. The van der Waals surface area contributed by atoms with Gasteiger partial charge in [0.15, 0.2) is 5.89 Å². The van der Waals surface area contributed by atoms with Crippen molar-refractivity contribution in [3.05, 3.63) is 112 Å². The number of carbonyl (C=O) groups excluding carboxylic acids is 1. The Morgan fingerprint density at radius 3 is 2.73 bits per heavy atom. The van der Waals surface area contributed by atoms with Crippen LogP contribution in [-0.4, -0.2) is 32.3 Å². The van der Waals surface area contributed by atoms with E-state index in [-0.39, 0.29) is 11.9 Å². The molecule has 1 aliphatic rings. The average molecular weight is 516 g/mol. The monoisotopic (exact) mass is 515 g/mol. The largest absolute Gasteiger partial charge is 0.446 e. The number of oxazole rings is 1. The molecule has 5 rings (SSSR count). The zero-order valence-corrected chi connectivity index (χ0v) is 21.6. The molecule has 0 spiro atoms. The van der Waals surface area contributed by atoms with Crippen molar-refractivity contribution in [3.63, 3.8) is 0 Å². The van der Waals surface area contributed by atoms with Crippen molar-refractivity contribution < 1.29 is 9.21 Å². The van der Waals surface area contributed by atoms with Gasteiger partial charge in [-0.15, -0.1) is 0 Å². The first-order valence-electron chi connectivity index (χ1n) is 12.6. The third-order valence-corrected chi connectivity index (χ3v) is 6.95. The smallest absolute Gasteiger partial charge is 0.251 e. The molecule has 7 nitrogen and oxygen atoms in total. The van der Waals surface area contributed by atoms with E-state index in [4.69, 9.17) is 21.0 Å². The summed E-state index contributed by atoms with van der Waals surface area (Å²) >= 11 is 5.90. The van der Waals surface area contributed by atoms with Gasteiger partial charge in [-0.2, -0.15) is 0 Å². The summed E-state index contributed by atoms with van der Waals surface area (Å²) in [6.45, 7) is 3.98. The molecule has 0 radical (unpaired) electrons. The van der Waals surface area contributed by atoms with E-state index in [0.717, 1.165) is 56.0 Å². The molecular formula is C29H30ClN5O2. The van der Waals surface area contributed by atoms with Crippen LogP contribution in [0.25, 0.3) is 0 Å². The molecule has 0 bridgehead atoms. The first-order valence-corrected chi connectivity index (χ1v) is 13.0. The van der Waals surface area contributed by atoms with Crippen molar-refractivity contribution in [2.24, 2.45) is 0 Å². The lowest BCUT2D eigenvalue weighted by molar-refractivity contribution is 0.0950. The van der Waals surface area contributed by atoms with Crippen LogP contribution in [0.5, 0.6) is 0 Å². The van der Waals surface area contributed by atoms with Crippen LogP contribution >= 0.6 is 11.6 Å². The summed E-state index contributed by atoms with van der Waals surface area (Å²) in [5.74, 6) is 1.42. The molecule has 3 aromatic heterocycles. The number of rotatable bonds is 9. The Morgan fingerprint density at radius 1 is 1.11 bits per heavy atom. The highest BCUT2D eigenvalue weighted by atomic mass is 35.5. The molecule has 1 aromatic carbocycles. The van der Waals surface area contributed by atoms with Gasteiger partial charge < -0.3 is 9.73 Å². The van der Waals surface area contributed by atoms with Gasteiger partial charge in [-0.3, -0.25) is 14.7 Å². The SMILES string of the molecule is Cc1cnc(CCN(Cc2ccc(CNC(=O)c3ccnc(Cl)c3)cc2)C2CCCc3cccnc32)o1. The maximum Gasteiger partial charge on any atom is 0.251 e. The Hall–Kier alpha value is -3.55. The van der Waals surface area contributed by atoms with E-state index < -0.39 is 0 Å². The van der Waals surface area contributed by atoms with Crippen molar-refractivity contribution in [1.82, 2.24) is 25.2 Å². The average Bonchev–Trinajstić information content (AvgIpc) is 3.35. The minimum atomic E-state index is -0.176. The zero-order valence-electron chi connectivity index (χ0n) is 20.9. The summed E-state index contributed by atoms with van der Waals surface area (Å²) in [6.07, 6.45) is 9.26. The Balaban J connectivity index is 1.27. The van der Waals surface area contributed by atoms with Crippen LogP contribution in [0, 0.1) is 6.92 Å². The second kappa shape index (κ2) is 11.7. The number of amides is 1. The molecule has 0 aliphatic heterocycles. The van der Waals surface area contributed by atoms with Crippen LogP contribution in [-0.2, 0) is 25.9 Å². The fourth-order valence-electron chi connectivity index (χ4n) is 4.87. The summed E-state index contributed by atoms with van der Waals surface area (Å²) in [7, 11) is 0. The number of aryl methyl sites for hydroxylation is 2. The topological polar surface area (TPSA) is 84.2 Å². The van der Waals surface area contributed by atoms with Gasteiger partial charge in [0.25, 0.3) is 5.91 Å². The van der Waals surface area contributed by atoms with E-state index in [1.807, 2.05) is 19.2 Å². The molecule has 1 N–H and O–H groups in total. The van der Waals surface area contributed by atoms with Crippen LogP contribution in [0.3, 0.4) is 0 Å². The molecule has 0 saturated heterocycles. The number of nitrogens with one attached hydrogen (secondary N) is 1. The lowest BCUT2D eigenvalue weighted by Gasteiger charge is -2.35. The number of aromatic nitrogens is 3. The lowest BCUT2D eigenvalue weighted by atomic mass is 9.90. The normalized spacial score (nSPS) is 14.9. The highest BCUT2D eigenvalue weighted by Gasteiger charge is 2.27. The molecular weight excluding hydrogens is 486 g/mol. The number of pyridine rings is 2. The number of hydrogen-bond donors (Lipinski definition) is 1. The predicted octanol–water partition coefficient (Wildman–Crippen LogP) is 5.48. The minimum absolute atomic E-state index is 0.176. The van der Waals surface area contributed by atoms with Gasteiger partial charge in [-0.25, -0.2) is 9.97 Å². The van der Waals surface area contributed by atoms with Crippen LogP contribution in [0.4, 0.5) is 0 Å². The Morgan fingerprint density at radius 2 is 1.95 bits per heavy atom. The first-order chi connectivity index (χ1) is 18.0. The number of hydrogen-bond acceptors (Lipinski definition) is 6. The maximum atomic E-state index is 12.4. The second-order valence-corrected chi connectivity index (χ2v) is 9.79. The van der Waals surface area contributed by atoms with Gasteiger partial charge in [0.1, 0.15) is 10.9 Å². The van der Waals surface area contributed by atoms with Crippen LogP contribution in [0.15, 0.2) is 71.5 Å². The summed E-state index contributed by atoms with van der Waals surface area (Å²) in [5.41, 5.74) is 5.27. The second-order valence-electron chi connectivity index (χ2n) is 9.41. The Kier molecular flexibility index (Phi) is 7.92. The summed E-state index contributed by atoms with van der Waals surface area (Å²) in [5, 5.41) is 3.25. The molecule has 8 heteroatoms. The first kappa shape index (κ1) is 25.1.